The molecule has 10 heteroatoms. The second kappa shape index (κ2) is 10.5. The highest BCUT2D eigenvalue weighted by Crippen LogP contribution is 2.25. The number of imidazole rings is 1. The van der Waals surface area contributed by atoms with Gasteiger partial charge in [-0.1, -0.05) is 24.9 Å². The summed E-state index contributed by atoms with van der Waals surface area (Å²) in [6, 6.07) is 5.20. The van der Waals surface area contributed by atoms with Crippen molar-refractivity contribution >= 4 is 34.4 Å². The van der Waals surface area contributed by atoms with Gasteiger partial charge < -0.3 is 14.8 Å². The van der Waals surface area contributed by atoms with Crippen LogP contribution in [0.1, 0.15) is 62.1 Å². The number of likely N-dealkylation sites (tertiary alicyclic amines) is 1. The predicted octanol–water partition coefficient (Wildman–Crippen LogP) is 3.60. The summed E-state index contributed by atoms with van der Waals surface area (Å²) >= 11 is 6.25. The zero-order chi connectivity index (χ0) is 24.2. The molecule has 3 aromatic rings. The van der Waals surface area contributed by atoms with Gasteiger partial charge in [-0.05, 0) is 50.8 Å². The van der Waals surface area contributed by atoms with E-state index in [2.05, 4.69) is 15.3 Å². The van der Waals surface area contributed by atoms with E-state index in [0.29, 0.717) is 46.4 Å². The molecule has 1 aliphatic heterocycles. The lowest BCUT2D eigenvalue weighted by atomic mass is 10.1. The summed E-state index contributed by atoms with van der Waals surface area (Å²) in [6.07, 6.45) is 4.88. The number of hydrogen-bond acceptors (Lipinski definition) is 5. The number of fused-ring (bicyclic) bond motifs is 1. The molecule has 0 bridgehead atoms. The molecule has 0 radical (unpaired) electrons. The first-order chi connectivity index (χ1) is 16.4. The summed E-state index contributed by atoms with van der Waals surface area (Å²) < 4.78 is 3.33. The molecule has 4 rings (SSSR count). The number of piperidine rings is 1. The highest BCUT2D eigenvalue weighted by Gasteiger charge is 2.22. The second-order valence-corrected chi connectivity index (χ2v) is 9.04. The van der Waals surface area contributed by atoms with Crippen LogP contribution in [-0.4, -0.2) is 43.0 Å². The summed E-state index contributed by atoms with van der Waals surface area (Å²) in [7, 11) is 0. The topological polar surface area (TPSA) is 105 Å². The Labute approximate surface area is 202 Å². The van der Waals surface area contributed by atoms with Crippen LogP contribution in [-0.2, 0) is 19.6 Å². The van der Waals surface area contributed by atoms with Gasteiger partial charge in [0.05, 0.1) is 12.1 Å². The number of H-pyrrole nitrogens is 1. The number of nitrogens with one attached hydrogen (secondary N) is 2. The van der Waals surface area contributed by atoms with Crippen LogP contribution in [0.4, 0.5) is 5.69 Å². The van der Waals surface area contributed by atoms with Crippen LogP contribution < -0.4 is 16.6 Å². The third-order valence-electron chi connectivity index (χ3n) is 6.31. The molecule has 0 atom stereocenters. The first-order valence-corrected chi connectivity index (χ1v) is 12.4. The third kappa shape index (κ3) is 4.75. The Morgan fingerprint density at radius 1 is 1.15 bits per heavy atom. The van der Waals surface area contributed by atoms with Crippen molar-refractivity contribution in [2.24, 2.45) is 0 Å². The van der Waals surface area contributed by atoms with Crippen molar-refractivity contribution in [3.8, 4) is 0 Å². The summed E-state index contributed by atoms with van der Waals surface area (Å²) in [4.78, 5) is 47.2. The fourth-order valence-electron chi connectivity index (χ4n) is 4.51. The molecule has 1 aliphatic rings. The molecule has 2 N–H and O–H groups in total. The minimum Gasteiger partial charge on any atom is -0.377 e. The first-order valence-electron chi connectivity index (χ1n) is 12.0. The van der Waals surface area contributed by atoms with Crippen molar-refractivity contribution in [3.05, 3.63) is 55.4 Å². The molecule has 1 fully saturated rings. The predicted molar refractivity (Wildman–Crippen MR) is 134 cm³/mol. The number of hydrogen-bond donors (Lipinski definition) is 2. The van der Waals surface area contributed by atoms with Gasteiger partial charge >= 0.3 is 5.69 Å². The maximum Gasteiger partial charge on any atom is 0.330 e. The van der Waals surface area contributed by atoms with E-state index in [1.165, 1.54) is 4.57 Å². The molecule has 1 saturated heterocycles. The minimum absolute atomic E-state index is 0.0206. The number of halogens is 1. The fourth-order valence-corrected chi connectivity index (χ4v) is 4.68. The molecule has 34 heavy (non-hydrogen) atoms. The lowest BCUT2D eigenvalue weighted by Crippen LogP contribution is -2.36. The zero-order valence-electron chi connectivity index (χ0n) is 19.7. The molecule has 0 saturated carbocycles. The minimum atomic E-state index is -0.449. The SMILES string of the molecule is CCCCn1c(=O)[nH]c(=O)c2c1nc(CNc1cc(Cl)ccc1C(=O)N1CCCCC1)n2CC. The molecule has 0 unspecified atom stereocenters. The van der Waals surface area contributed by atoms with Gasteiger partial charge in [-0.15, -0.1) is 0 Å². The van der Waals surface area contributed by atoms with Crippen LogP contribution in [0.15, 0.2) is 27.8 Å². The van der Waals surface area contributed by atoms with E-state index < -0.39 is 11.2 Å². The van der Waals surface area contributed by atoms with Crippen LogP contribution in [0.25, 0.3) is 11.2 Å². The van der Waals surface area contributed by atoms with Gasteiger partial charge in [-0.25, -0.2) is 9.78 Å². The Bertz CT molecular complexity index is 1300. The van der Waals surface area contributed by atoms with Gasteiger partial charge in [0.1, 0.15) is 5.82 Å². The van der Waals surface area contributed by atoms with E-state index in [1.54, 1.807) is 22.8 Å². The molecule has 182 valence electrons. The van der Waals surface area contributed by atoms with E-state index >= 15 is 0 Å². The zero-order valence-corrected chi connectivity index (χ0v) is 20.5. The van der Waals surface area contributed by atoms with Gasteiger partial charge in [0.2, 0.25) is 0 Å². The largest absolute Gasteiger partial charge is 0.377 e. The normalized spacial score (nSPS) is 14.0. The Hall–Kier alpha value is -3.07. The summed E-state index contributed by atoms with van der Waals surface area (Å²) in [5.74, 6) is 0.586. The lowest BCUT2D eigenvalue weighted by Gasteiger charge is -2.27. The number of anilines is 1. The van der Waals surface area contributed by atoms with E-state index in [1.807, 2.05) is 18.7 Å². The van der Waals surface area contributed by atoms with Gasteiger partial charge in [0.15, 0.2) is 11.2 Å². The van der Waals surface area contributed by atoms with Gasteiger partial charge in [-0.2, -0.15) is 0 Å². The van der Waals surface area contributed by atoms with Crippen molar-refractivity contribution in [2.45, 2.75) is 65.6 Å². The van der Waals surface area contributed by atoms with Gasteiger partial charge in [-0.3, -0.25) is 19.1 Å². The number of rotatable bonds is 8. The van der Waals surface area contributed by atoms with Gasteiger partial charge in [0.25, 0.3) is 11.5 Å². The van der Waals surface area contributed by atoms with E-state index in [9.17, 15) is 14.4 Å². The van der Waals surface area contributed by atoms with Crippen molar-refractivity contribution < 1.29 is 4.79 Å². The Kier molecular flexibility index (Phi) is 7.41. The number of aromatic nitrogens is 4. The number of aromatic amines is 1. The maximum absolute atomic E-state index is 13.2. The molecule has 3 heterocycles. The number of carbonyl (C=O) groups excluding carboxylic acids is 1. The van der Waals surface area contributed by atoms with Crippen LogP contribution in [0.3, 0.4) is 0 Å². The summed E-state index contributed by atoms with van der Waals surface area (Å²) in [6.45, 7) is 6.74. The molecule has 1 aromatic carbocycles. The highest BCUT2D eigenvalue weighted by molar-refractivity contribution is 6.31. The highest BCUT2D eigenvalue weighted by atomic mass is 35.5. The van der Waals surface area contributed by atoms with Crippen molar-refractivity contribution in [3.63, 3.8) is 0 Å². The summed E-state index contributed by atoms with van der Waals surface area (Å²) in [5, 5.41) is 3.83. The van der Waals surface area contributed by atoms with Crippen LogP contribution in [0.5, 0.6) is 0 Å². The lowest BCUT2D eigenvalue weighted by molar-refractivity contribution is 0.0725. The third-order valence-corrected chi connectivity index (χ3v) is 6.54. The van der Waals surface area contributed by atoms with Crippen molar-refractivity contribution in [1.82, 2.24) is 24.0 Å². The number of amides is 1. The van der Waals surface area contributed by atoms with E-state index in [0.717, 1.165) is 45.2 Å². The molecule has 0 aliphatic carbocycles. The monoisotopic (exact) mass is 486 g/mol. The van der Waals surface area contributed by atoms with Gasteiger partial charge in [0, 0.05) is 36.9 Å². The van der Waals surface area contributed by atoms with E-state index in [4.69, 9.17) is 11.6 Å². The van der Waals surface area contributed by atoms with Crippen LogP contribution in [0, 0.1) is 0 Å². The molecule has 0 spiro atoms. The Morgan fingerprint density at radius 3 is 2.62 bits per heavy atom. The van der Waals surface area contributed by atoms with Crippen LogP contribution >= 0.6 is 11.6 Å². The van der Waals surface area contributed by atoms with Crippen molar-refractivity contribution in [2.75, 3.05) is 18.4 Å². The number of benzene rings is 1. The number of nitrogens with zero attached hydrogens (tertiary/aromatic N) is 4. The number of unbranched alkanes of at least 4 members (excludes halogenated alkanes) is 1. The maximum atomic E-state index is 13.2. The average molecular weight is 487 g/mol. The number of carbonyl (C=O) groups is 1. The standard InChI is InChI=1S/C24H31ClN6O3/c1-3-5-13-31-21-20(22(32)28-24(31)34)30(4-2)19(27-21)15-26-18-14-16(25)9-10-17(18)23(33)29-11-7-6-8-12-29/h9-10,14,26H,3-8,11-13,15H2,1-2H3,(H,28,32,34). The van der Waals surface area contributed by atoms with E-state index in [-0.39, 0.29) is 12.5 Å². The molecule has 9 nitrogen and oxygen atoms in total. The molecule has 2 aromatic heterocycles. The Balaban J connectivity index is 1.68. The number of aryl methyl sites for hydroxylation is 2. The van der Waals surface area contributed by atoms with Crippen LogP contribution in [0.2, 0.25) is 5.02 Å². The smallest absolute Gasteiger partial charge is 0.330 e. The van der Waals surface area contributed by atoms with Crippen molar-refractivity contribution in [1.29, 1.82) is 0 Å². The Morgan fingerprint density at radius 2 is 1.91 bits per heavy atom. The fraction of sp³-hybridized carbons (Fsp3) is 0.500. The molecular formula is C24H31ClN6O3. The molecular weight excluding hydrogens is 456 g/mol. The first kappa shape index (κ1) is 24.1. The molecule has 1 amide bonds. The average Bonchev–Trinajstić information content (AvgIpc) is 3.21. The summed E-state index contributed by atoms with van der Waals surface area (Å²) in [5.41, 5.74) is 1.05. The second-order valence-electron chi connectivity index (χ2n) is 8.61. The quantitative estimate of drug-likeness (QED) is 0.506.